The van der Waals surface area contributed by atoms with Gasteiger partial charge >= 0.3 is 6.09 Å². The minimum absolute atomic E-state index is 0.0592. The zero-order valence-corrected chi connectivity index (χ0v) is 29.7. The number of carbonyl (C=O) groups is 5. The van der Waals surface area contributed by atoms with Crippen molar-refractivity contribution in [3.63, 3.8) is 0 Å². The number of amides is 5. The van der Waals surface area contributed by atoms with Gasteiger partial charge in [0.15, 0.2) is 5.96 Å². The van der Waals surface area contributed by atoms with Gasteiger partial charge in [-0.1, -0.05) is 88.4 Å². The van der Waals surface area contributed by atoms with Gasteiger partial charge in [0.05, 0.1) is 12.1 Å². The summed E-state index contributed by atoms with van der Waals surface area (Å²) in [5, 5.41) is 18.2. The molecule has 0 saturated heterocycles. The average Bonchev–Trinajstić information content (AvgIpc) is 3.06. The van der Waals surface area contributed by atoms with Crippen molar-refractivity contribution in [1.82, 2.24) is 26.2 Å². The summed E-state index contributed by atoms with van der Waals surface area (Å²) < 4.78 is 5.65. The van der Waals surface area contributed by atoms with Crippen molar-refractivity contribution < 1.29 is 28.7 Å². The Bertz CT molecular complexity index is 1410. The third-order valence-corrected chi connectivity index (χ3v) is 7.87. The van der Waals surface area contributed by atoms with Gasteiger partial charge in [-0.05, 0) is 42.2 Å². The number of imide groups is 1. The topological polar surface area (TPSA) is 222 Å². The SMILES string of the molecule is CC(=O)N[C@@H](Cc1ccccc1)C(=O)NC[C@H](C(C)C)N(C(=O)OCc1ccccc1)C(=O)[C@H](CC(C)C)NC(=O)[C@@H](N)CCCNC(=N)N. The highest BCUT2D eigenvalue weighted by molar-refractivity contribution is 5.98. The quantitative estimate of drug-likeness (QED) is 0.0650. The van der Waals surface area contributed by atoms with E-state index in [-0.39, 0.29) is 56.1 Å². The van der Waals surface area contributed by atoms with E-state index in [0.717, 1.165) is 10.5 Å². The molecule has 0 unspecified atom stereocenters. The molecule has 0 fully saturated rings. The molecule has 0 radical (unpaired) electrons. The lowest BCUT2D eigenvalue weighted by molar-refractivity contribution is -0.138. The van der Waals surface area contributed by atoms with Crippen LogP contribution in [0.1, 0.15) is 65.0 Å². The van der Waals surface area contributed by atoms with Gasteiger partial charge in [0, 0.05) is 26.4 Å². The van der Waals surface area contributed by atoms with Crippen molar-refractivity contribution in [2.24, 2.45) is 23.3 Å². The van der Waals surface area contributed by atoms with Crippen molar-refractivity contribution in [2.75, 3.05) is 13.1 Å². The van der Waals surface area contributed by atoms with Crippen molar-refractivity contribution in [2.45, 2.75) is 91.1 Å². The lowest BCUT2D eigenvalue weighted by Crippen LogP contribution is -2.60. The van der Waals surface area contributed by atoms with Crippen LogP contribution in [-0.2, 0) is 36.9 Å². The first-order chi connectivity index (χ1) is 23.7. The van der Waals surface area contributed by atoms with Gasteiger partial charge in [-0.25, -0.2) is 9.69 Å². The van der Waals surface area contributed by atoms with E-state index in [4.69, 9.17) is 21.6 Å². The largest absolute Gasteiger partial charge is 0.444 e. The molecule has 0 aliphatic heterocycles. The fraction of sp³-hybridized carbons (Fsp3) is 0.500. The third kappa shape index (κ3) is 14.6. The van der Waals surface area contributed by atoms with Gasteiger partial charge in [-0.2, -0.15) is 0 Å². The van der Waals surface area contributed by atoms with Crippen molar-refractivity contribution >= 4 is 35.7 Å². The average molecular weight is 695 g/mol. The van der Waals surface area contributed by atoms with Crippen LogP contribution in [0.2, 0.25) is 0 Å². The molecule has 2 rings (SSSR count). The molecule has 2 aromatic rings. The molecule has 5 amide bonds. The van der Waals surface area contributed by atoms with E-state index < -0.39 is 48.0 Å². The molecule has 0 aromatic heterocycles. The Morgan fingerprint density at radius 2 is 1.44 bits per heavy atom. The van der Waals surface area contributed by atoms with E-state index in [1.807, 2.05) is 50.2 Å². The Balaban J connectivity index is 2.36. The summed E-state index contributed by atoms with van der Waals surface area (Å²) in [5.74, 6) is -2.76. The molecule has 2 aromatic carbocycles. The molecule has 14 heteroatoms. The summed E-state index contributed by atoms with van der Waals surface area (Å²) in [4.78, 5) is 67.9. The van der Waals surface area contributed by atoms with Gasteiger partial charge < -0.3 is 37.5 Å². The number of ether oxygens (including phenoxy) is 1. The first-order valence-electron chi connectivity index (χ1n) is 17.0. The summed E-state index contributed by atoms with van der Waals surface area (Å²) in [5.41, 5.74) is 13.0. The smallest absolute Gasteiger partial charge is 0.417 e. The molecule has 14 nitrogen and oxygen atoms in total. The zero-order chi connectivity index (χ0) is 37.2. The number of nitrogens with zero attached hydrogens (tertiary/aromatic N) is 1. The van der Waals surface area contributed by atoms with E-state index in [1.165, 1.54) is 6.92 Å². The predicted molar refractivity (Wildman–Crippen MR) is 191 cm³/mol. The summed E-state index contributed by atoms with van der Waals surface area (Å²) in [6, 6.07) is 14.3. The maximum atomic E-state index is 14.4. The van der Waals surface area contributed by atoms with Crippen LogP contribution in [-0.4, -0.2) is 77.8 Å². The Hall–Kier alpha value is -4.98. The fourth-order valence-corrected chi connectivity index (χ4v) is 5.25. The number of rotatable bonds is 19. The molecule has 0 saturated carbocycles. The molecule has 0 aliphatic rings. The molecule has 50 heavy (non-hydrogen) atoms. The summed E-state index contributed by atoms with van der Waals surface area (Å²) >= 11 is 0. The number of nitrogens with two attached hydrogens (primary N) is 2. The second-order valence-corrected chi connectivity index (χ2v) is 13.0. The highest BCUT2D eigenvalue weighted by Crippen LogP contribution is 2.18. The first-order valence-corrected chi connectivity index (χ1v) is 17.0. The summed E-state index contributed by atoms with van der Waals surface area (Å²) in [6.45, 7) is 8.79. The molecule has 0 bridgehead atoms. The zero-order valence-electron chi connectivity index (χ0n) is 29.7. The Labute approximate surface area is 294 Å². The molecule has 0 aliphatic carbocycles. The lowest BCUT2D eigenvalue weighted by Gasteiger charge is -2.35. The maximum absolute atomic E-state index is 14.4. The Morgan fingerprint density at radius 1 is 0.840 bits per heavy atom. The van der Waals surface area contributed by atoms with Gasteiger partial charge in [0.25, 0.3) is 5.91 Å². The number of benzene rings is 2. The van der Waals surface area contributed by atoms with Gasteiger partial charge in [0.2, 0.25) is 17.7 Å². The van der Waals surface area contributed by atoms with Crippen LogP contribution in [0.5, 0.6) is 0 Å². The van der Waals surface area contributed by atoms with E-state index in [1.54, 1.807) is 38.1 Å². The van der Waals surface area contributed by atoms with Crippen LogP contribution in [0, 0.1) is 17.2 Å². The van der Waals surface area contributed by atoms with E-state index in [2.05, 4.69) is 21.3 Å². The third-order valence-electron chi connectivity index (χ3n) is 7.87. The van der Waals surface area contributed by atoms with Gasteiger partial charge in [0.1, 0.15) is 18.7 Å². The van der Waals surface area contributed by atoms with Crippen molar-refractivity contribution in [3.05, 3.63) is 71.8 Å². The minimum Gasteiger partial charge on any atom is -0.444 e. The minimum atomic E-state index is -1.13. The predicted octanol–water partition coefficient (Wildman–Crippen LogP) is 2.16. The summed E-state index contributed by atoms with van der Waals surface area (Å²) in [7, 11) is 0. The standard InChI is InChI=1S/C36H54N8O6/c1-23(2)19-30(43-32(46)28(37)17-12-18-40-35(38)39)34(48)44(36(49)50-22-27-15-10-7-11-16-27)31(24(3)4)21-41-33(47)29(42-25(5)45)20-26-13-8-6-9-14-26/h6-11,13-16,23-24,28-31H,12,17-22,37H2,1-5H3,(H,41,47)(H,42,45)(H,43,46)(H4,38,39,40)/t28-,29-,30-,31+/m0/s1. The molecule has 4 atom stereocenters. The number of carbonyl (C=O) groups excluding carboxylic acids is 5. The normalized spacial score (nSPS) is 13.4. The second-order valence-electron chi connectivity index (χ2n) is 13.0. The highest BCUT2D eigenvalue weighted by atomic mass is 16.6. The fourth-order valence-electron chi connectivity index (χ4n) is 5.25. The Kier molecular flexibility index (Phi) is 17.4. The summed E-state index contributed by atoms with van der Waals surface area (Å²) in [6.07, 6.45) is 0.208. The number of hydrogen-bond donors (Lipinski definition) is 7. The molecule has 0 spiro atoms. The van der Waals surface area contributed by atoms with Crippen LogP contribution >= 0.6 is 0 Å². The Morgan fingerprint density at radius 3 is 1.98 bits per heavy atom. The number of guanidine groups is 1. The first kappa shape index (κ1) is 41.2. The van der Waals surface area contributed by atoms with Gasteiger partial charge in [-0.15, -0.1) is 0 Å². The molecular formula is C36H54N8O6. The molecule has 0 heterocycles. The van der Waals surface area contributed by atoms with Crippen LogP contribution in [0.15, 0.2) is 60.7 Å². The van der Waals surface area contributed by atoms with E-state index in [9.17, 15) is 24.0 Å². The molecular weight excluding hydrogens is 640 g/mol. The van der Waals surface area contributed by atoms with Gasteiger partial charge in [-0.3, -0.25) is 24.6 Å². The van der Waals surface area contributed by atoms with Crippen LogP contribution < -0.4 is 32.7 Å². The molecule has 9 N–H and O–H groups in total. The number of hydrogen-bond acceptors (Lipinski definition) is 8. The van der Waals surface area contributed by atoms with Crippen LogP contribution in [0.4, 0.5) is 4.79 Å². The van der Waals surface area contributed by atoms with E-state index in [0.29, 0.717) is 18.5 Å². The highest BCUT2D eigenvalue weighted by Gasteiger charge is 2.39. The molecule has 274 valence electrons. The maximum Gasteiger partial charge on any atom is 0.417 e. The number of nitrogens with one attached hydrogen (secondary N) is 5. The van der Waals surface area contributed by atoms with Crippen molar-refractivity contribution in [1.29, 1.82) is 5.41 Å². The van der Waals surface area contributed by atoms with Crippen LogP contribution in [0.3, 0.4) is 0 Å². The second kappa shape index (κ2) is 21.2. The monoisotopic (exact) mass is 694 g/mol. The lowest BCUT2D eigenvalue weighted by atomic mass is 9.98. The van der Waals surface area contributed by atoms with Crippen molar-refractivity contribution in [3.8, 4) is 0 Å². The van der Waals surface area contributed by atoms with Crippen LogP contribution in [0.25, 0.3) is 0 Å². The van der Waals surface area contributed by atoms with E-state index >= 15 is 0 Å².